The molecule has 2 heterocycles. The largest absolute Gasteiger partial charge is 0.355 e. The zero-order chi connectivity index (χ0) is 9.69. The Balaban J connectivity index is 1.94. The van der Waals surface area contributed by atoms with E-state index in [4.69, 9.17) is 0 Å². The minimum Gasteiger partial charge on any atom is -0.355 e. The highest BCUT2D eigenvalue weighted by Gasteiger charge is 2.50. The number of nitrogens with zero attached hydrogens (tertiary/aromatic N) is 1. The Labute approximate surface area is 79.5 Å². The first-order valence-electron chi connectivity index (χ1n) is 4.93. The van der Waals surface area contributed by atoms with Crippen LogP contribution in [-0.4, -0.2) is 36.0 Å². The quantitative estimate of drug-likeness (QED) is 0.595. The molecule has 0 radical (unpaired) electrons. The Morgan fingerprint density at radius 2 is 2.00 bits per heavy atom. The number of nitrogens with one attached hydrogen (secondary N) is 1. The van der Waals surface area contributed by atoms with Crippen LogP contribution in [-0.2, 0) is 4.79 Å². The molecule has 2 aliphatic rings. The smallest absolute Gasteiger partial charge is 0.220 e. The van der Waals surface area contributed by atoms with Crippen molar-refractivity contribution < 1.29 is 4.79 Å². The summed E-state index contributed by atoms with van der Waals surface area (Å²) in [5.41, 5.74) is 0.543. The van der Waals surface area contributed by atoms with Crippen LogP contribution in [0.5, 0.6) is 0 Å². The van der Waals surface area contributed by atoms with Crippen LogP contribution >= 0.6 is 0 Å². The lowest BCUT2D eigenvalue weighted by atomic mass is 9.76. The molecule has 0 saturated carbocycles. The summed E-state index contributed by atoms with van der Waals surface area (Å²) in [6.45, 7) is 9.72. The van der Waals surface area contributed by atoms with Gasteiger partial charge in [0.15, 0.2) is 0 Å². The summed E-state index contributed by atoms with van der Waals surface area (Å²) in [6, 6.07) is 0. The second-order valence-electron chi connectivity index (χ2n) is 5.48. The zero-order valence-electron chi connectivity index (χ0n) is 8.68. The Morgan fingerprint density at radius 3 is 2.38 bits per heavy atom. The number of carbonyl (C=O) groups excluding carboxylic acids is 1. The number of likely N-dealkylation sites (tertiary alicyclic amines) is 1. The van der Waals surface area contributed by atoms with E-state index in [1.807, 2.05) is 0 Å². The van der Waals surface area contributed by atoms with Crippen molar-refractivity contribution in [3.05, 3.63) is 0 Å². The minimum atomic E-state index is 0.230. The summed E-state index contributed by atoms with van der Waals surface area (Å²) in [7, 11) is 0. The van der Waals surface area contributed by atoms with Gasteiger partial charge in [-0.1, -0.05) is 0 Å². The SMILES string of the molecule is CC(C)(C)N1CC2(CNC(=O)C2)C1. The van der Waals surface area contributed by atoms with Gasteiger partial charge in [0.2, 0.25) is 5.91 Å². The first-order valence-corrected chi connectivity index (χ1v) is 4.93. The maximum atomic E-state index is 11.1. The summed E-state index contributed by atoms with van der Waals surface area (Å²) in [5.74, 6) is 0.230. The third kappa shape index (κ3) is 1.46. The van der Waals surface area contributed by atoms with Crippen molar-refractivity contribution in [2.75, 3.05) is 19.6 Å². The van der Waals surface area contributed by atoms with E-state index in [0.29, 0.717) is 0 Å². The Kier molecular flexibility index (Phi) is 1.71. The van der Waals surface area contributed by atoms with Gasteiger partial charge in [0.05, 0.1) is 0 Å². The lowest BCUT2D eigenvalue weighted by molar-refractivity contribution is -0.121. The average Bonchev–Trinajstić information content (AvgIpc) is 2.25. The van der Waals surface area contributed by atoms with Crippen LogP contribution < -0.4 is 5.32 Å². The molecule has 0 aromatic rings. The Bertz CT molecular complexity index is 236. The minimum absolute atomic E-state index is 0.230. The molecule has 0 aromatic heterocycles. The van der Waals surface area contributed by atoms with Crippen LogP contribution in [0.2, 0.25) is 0 Å². The molecule has 74 valence electrons. The fraction of sp³-hybridized carbons (Fsp3) is 0.900. The third-order valence-electron chi connectivity index (χ3n) is 3.20. The standard InChI is InChI=1S/C10H18N2O/c1-9(2,3)12-6-10(7-12)4-8(13)11-5-10/h4-7H2,1-3H3,(H,11,13). The molecular weight excluding hydrogens is 164 g/mol. The fourth-order valence-electron chi connectivity index (χ4n) is 2.21. The molecule has 0 aromatic carbocycles. The summed E-state index contributed by atoms with van der Waals surface area (Å²) in [4.78, 5) is 13.5. The number of hydrogen-bond donors (Lipinski definition) is 1. The third-order valence-corrected chi connectivity index (χ3v) is 3.20. The van der Waals surface area contributed by atoms with Crippen molar-refractivity contribution in [3.8, 4) is 0 Å². The Morgan fingerprint density at radius 1 is 1.38 bits per heavy atom. The van der Waals surface area contributed by atoms with Gasteiger partial charge in [-0.2, -0.15) is 0 Å². The molecule has 2 rings (SSSR count). The first-order chi connectivity index (χ1) is 5.91. The van der Waals surface area contributed by atoms with E-state index in [0.717, 1.165) is 26.1 Å². The van der Waals surface area contributed by atoms with Crippen LogP contribution in [0, 0.1) is 5.41 Å². The summed E-state index contributed by atoms with van der Waals surface area (Å²) < 4.78 is 0. The summed E-state index contributed by atoms with van der Waals surface area (Å²) in [6.07, 6.45) is 0.736. The van der Waals surface area contributed by atoms with E-state index < -0.39 is 0 Å². The van der Waals surface area contributed by atoms with Gasteiger partial charge in [0.1, 0.15) is 0 Å². The maximum Gasteiger partial charge on any atom is 0.220 e. The number of amides is 1. The molecule has 1 amide bonds. The molecule has 0 atom stereocenters. The number of carbonyl (C=O) groups is 1. The van der Waals surface area contributed by atoms with E-state index in [1.54, 1.807) is 0 Å². The molecule has 3 heteroatoms. The topological polar surface area (TPSA) is 32.3 Å². The summed E-state index contributed by atoms with van der Waals surface area (Å²) >= 11 is 0. The van der Waals surface area contributed by atoms with Crippen LogP contribution in [0.3, 0.4) is 0 Å². The van der Waals surface area contributed by atoms with Crippen LogP contribution in [0.25, 0.3) is 0 Å². The van der Waals surface area contributed by atoms with Gasteiger partial charge in [0.25, 0.3) is 0 Å². The van der Waals surface area contributed by atoms with Crippen molar-refractivity contribution in [2.45, 2.75) is 32.7 Å². The van der Waals surface area contributed by atoms with Gasteiger partial charge in [-0.3, -0.25) is 9.69 Å². The van der Waals surface area contributed by atoms with Crippen molar-refractivity contribution in [1.29, 1.82) is 0 Å². The van der Waals surface area contributed by atoms with Crippen LogP contribution in [0.4, 0.5) is 0 Å². The lowest BCUT2D eigenvalue weighted by Crippen LogP contribution is -2.63. The predicted octanol–water partition coefficient (Wildman–Crippen LogP) is 0.607. The molecular formula is C10H18N2O. The zero-order valence-corrected chi connectivity index (χ0v) is 8.68. The molecule has 2 fully saturated rings. The fourth-order valence-corrected chi connectivity index (χ4v) is 2.21. The van der Waals surface area contributed by atoms with E-state index >= 15 is 0 Å². The molecule has 0 unspecified atom stereocenters. The monoisotopic (exact) mass is 182 g/mol. The van der Waals surface area contributed by atoms with Crippen LogP contribution in [0.15, 0.2) is 0 Å². The number of rotatable bonds is 0. The van der Waals surface area contributed by atoms with E-state index in [1.165, 1.54) is 0 Å². The van der Waals surface area contributed by atoms with Crippen molar-refractivity contribution >= 4 is 5.91 Å². The highest BCUT2D eigenvalue weighted by molar-refractivity contribution is 5.79. The van der Waals surface area contributed by atoms with E-state index in [2.05, 4.69) is 31.0 Å². The molecule has 2 aliphatic heterocycles. The van der Waals surface area contributed by atoms with Gasteiger partial charge in [-0.25, -0.2) is 0 Å². The maximum absolute atomic E-state index is 11.1. The molecule has 1 spiro atoms. The van der Waals surface area contributed by atoms with Gasteiger partial charge >= 0.3 is 0 Å². The molecule has 3 nitrogen and oxygen atoms in total. The van der Waals surface area contributed by atoms with Gasteiger partial charge < -0.3 is 5.32 Å². The molecule has 0 aliphatic carbocycles. The summed E-state index contributed by atoms with van der Waals surface area (Å²) in [5, 5.41) is 2.92. The van der Waals surface area contributed by atoms with E-state index in [-0.39, 0.29) is 16.9 Å². The number of hydrogen-bond acceptors (Lipinski definition) is 2. The molecule has 13 heavy (non-hydrogen) atoms. The van der Waals surface area contributed by atoms with Crippen molar-refractivity contribution in [1.82, 2.24) is 10.2 Å². The predicted molar refractivity (Wildman–Crippen MR) is 51.4 cm³/mol. The molecule has 1 N–H and O–H groups in total. The van der Waals surface area contributed by atoms with Crippen LogP contribution in [0.1, 0.15) is 27.2 Å². The van der Waals surface area contributed by atoms with Crippen molar-refractivity contribution in [3.63, 3.8) is 0 Å². The van der Waals surface area contributed by atoms with Gasteiger partial charge in [-0.05, 0) is 20.8 Å². The Hall–Kier alpha value is -0.570. The second-order valence-corrected chi connectivity index (χ2v) is 5.48. The van der Waals surface area contributed by atoms with Gasteiger partial charge in [-0.15, -0.1) is 0 Å². The molecule has 2 saturated heterocycles. The van der Waals surface area contributed by atoms with Crippen molar-refractivity contribution in [2.24, 2.45) is 5.41 Å². The normalized spacial score (nSPS) is 27.5. The highest BCUT2D eigenvalue weighted by atomic mass is 16.1. The first kappa shape index (κ1) is 9.00. The average molecular weight is 182 g/mol. The van der Waals surface area contributed by atoms with E-state index in [9.17, 15) is 4.79 Å². The van der Waals surface area contributed by atoms with Gasteiger partial charge in [0, 0.05) is 37.0 Å². The highest BCUT2D eigenvalue weighted by Crippen LogP contribution is 2.40. The second kappa shape index (κ2) is 2.47. The lowest BCUT2D eigenvalue weighted by Gasteiger charge is -2.53. The molecule has 0 bridgehead atoms.